The summed E-state index contributed by atoms with van der Waals surface area (Å²) in [4.78, 5) is 20.6. The molecular formula is C38H30F3N5O4. The van der Waals surface area contributed by atoms with Gasteiger partial charge in [-0.1, -0.05) is 30.0 Å². The highest BCUT2D eigenvalue weighted by Gasteiger charge is 2.25. The molecule has 1 saturated heterocycles. The van der Waals surface area contributed by atoms with E-state index in [4.69, 9.17) is 9.47 Å². The first-order valence-electron chi connectivity index (χ1n) is 15.8. The van der Waals surface area contributed by atoms with Crippen LogP contribution in [0.2, 0.25) is 0 Å². The summed E-state index contributed by atoms with van der Waals surface area (Å²) in [6.07, 6.45) is 4.09. The summed E-state index contributed by atoms with van der Waals surface area (Å²) >= 11 is 0. The molecule has 3 aromatic heterocycles. The third kappa shape index (κ3) is 6.81. The average Bonchev–Trinajstić information content (AvgIpc) is 3.65. The Morgan fingerprint density at radius 1 is 1.00 bits per heavy atom. The van der Waals surface area contributed by atoms with Gasteiger partial charge in [-0.05, 0) is 60.9 Å². The summed E-state index contributed by atoms with van der Waals surface area (Å²) < 4.78 is 60.4. The molecule has 12 heteroatoms. The summed E-state index contributed by atoms with van der Waals surface area (Å²) in [5.74, 6) is 3.49. The van der Waals surface area contributed by atoms with Crippen LogP contribution in [0.4, 0.5) is 13.2 Å². The lowest BCUT2D eigenvalue weighted by molar-refractivity contribution is -0.0589. The minimum atomic E-state index is -1.26. The van der Waals surface area contributed by atoms with Gasteiger partial charge < -0.3 is 19.1 Å². The van der Waals surface area contributed by atoms with Crippen LogP contribution in [-0.2, 0) is 31.4 Å². The van der Waals surface area contributed by atoms with Crippen LogP contribution in [0.1, 0.15) is 50.4 Å². The highest BCUT2D eigenvalue weighted by Crippen LogP contribution is 2.30. The summed E-state index contributed by atoms with van der Waals surface area (Å²) in [6.45, 7) is 2.68. The smallest absolute Gasteiger partial charge is 0.335 e. The molecule has 6 aromatic rings. The number of carbonyl (C=O) groups is 1. The van der Waals surface area contributed by atoms with Crippen LogP contribution in [0.25, 0.3) is 22.3 Å². The largest absolute Gasteiger partial charge is 0.478 e. The van der Waals surface area contributed by atoms with Crippen LogP contribution in [0.3, 0.4) is 0 Å². The number of carboxylic acid groups (broad SMARTS) is 1. The Bertz CT molecular complexity index is 2330. The standard InChI is InChI=1S/C38H30F3N5O4/c1-22-12-26(16-35-44-37-32(41)14-27(38(47)48)15-34(37)46(35)20-28-10-11-49-28)31(40)17-29(22)33-4-3-5-36(43-33)50-21-25-9-8-23(13-30(25)39)6-7-24-18-42-45(2)19-24/h3-5,8-9,12-15,17-19,28H,10-11,16,20-21H2,1-2H3,(H,47,48). The van der Waals surface area contributed by atoms with Crippen molar-refractivity contribution in [1.82, 2.24) is 24.3 Å². The molecule has 1 N–H and O–H groups in total. The maximum Gasteiger partial charge on any atom is 0.335 e. The second-order valence-electron chi connectivity index (χ2n) is 12.1. The van der Waals surface area contributed by atoms with Crippen molar-refractivity contribution in [2.75, 3.05) is 6.61 Å². The van der Waals surface area contributed by atoms with Gasteiger partial charge in [0.2, 0.25) is 5.88 Å². The van der Waals surface area contributed by atoms with E-state index in [0.717, 1.165) is 23.6 Å². The molecule has 252 valence electrons. The van der Waals surface area contributed by atoms with Crippen molar-refractivity contribution in [3.05, 3.63) is 130 Å². The first-order chi connectivity index (χ1) is 24.1. The van der Waals surface area contributed by atoms with E-state index in [1.54, 1.807) is 65.1 Å². The van der Waals surface area contributed by atoms with E-state index in [1.165, 1.54) is 18.2 Å². The molecule has 4 heterocycles. The van der Waals surface area contributed by atoms with Gasteiger partial charge in [0.25, 0.3) is 0 Å². The molecule has 1 atom stereocenters. The van der Waals surface area contributed by atoms with E-state index >= 15 is 4.39 Å². The molecule has 0 saturated carbocycles. The van der Waals surface area contributed by atoms with Gasteiger partial charge in [0.1, 0.15) is 29.6 Å². The van der Waals surface area contributed by atoms with Crippen molar-refractivity contribution >= 4 is 17.0 Å². The Balaban J connectivity index is 1.10. The number of pyridine rings is 1. The van der Waals surface area contributed by atoms with Gasteiger partial charge in [-0.25, -0.2) is 27.9 Å². The van der Waals surface area contributed by atoms with Gasteiger partial charge >= 0.3 is 5.97 Å². The van der Waals surface area contributed by atoms with Crippen LogP contribution < -0.4 is 4.74 Å². The Morgan fingerprint density at radius 3 is 2.52 bits per heavy atom. The van der Waals surface area contributed by atoms with E-state index in [2.05, 4.69) is 26.9 Å². The Morgan fingerprint density at radius 2 is 1.80 bits per heavy atom. The summed E-state index contributed by atoms with van der Waals surface area (Å²) in [5.41, 5.74) is 3.74. The van der Waals surface area contributed by atoms with Crippen LogP contribution in [-0.4, -0.2) is 48.1 Å². The minimum absolute atomic E-state index is 0.0180. The number of fused-ring (bicyclic) bond motifs is 1. The van der Waals surface area contributed by atoms with Crippen molar-refractivity contribution < 1.29 is 32.5 Å². The molecule has 3 aromatic carbocycles. The highest BCUT2D eigenvalue weighted by atomic mass is 19.1. The molecule has 0 aliphatic carbocycles. The molecule has 1 aliphatic rings. The molecule has 50 heavy (non-hydrogen) atoms. The van der Waals surface area contributed by atoms with Crippen LogP contribution in [0, 0.1) is 36.2 Å². The number of benzene rings is 3. The fourth-order valence-electron chi connectivity index (χ4n) is 5.82. The number of hydrogen-bond acceptors (Lipinski definition) is 6. The second kappa shape index (κ2) is 13.5. The predicted octanol–water partition coefficient (Wildman–Crippen LogP) is 6.61. The molecule has 1 aliphatic heterocycles. The first kappa shape index (κ1) is 32.6. The SMILES string of the molecule is Cc1cc(Cc2nc3c(F)cc(C(=O)O)cc3n2CC2CCO2)c(F)cc1-c1cccc(OCc2ccc(C#Cc3cnn(C)c3)cc2F)n1. The lowest BCUT2D eigenvalue weighted by atomic mass is 9.99. The lowest BCUT2D eigenvalue weighted by Gasteiger charge is -2.27. The van der Waals surface area contributed by atoms with E-state index in [9.17, 15) is 18.7 Å². The summed E-state index contributed by atoms with van der Waals surface area (Å²) in [6, 6.07) is 15.1. The van der Waals surface area contributed by atoms with Crippen LogP contribution in [0.5, 0.6) is 5.88 Å². The number of aryl methyl sites for hydroxylation is 2. The van der Waals surface area contributed by atoms with Crippen molar-refractivity contribution in [2.24, 2.45) is 7.05 Å². The Hall–Kier alpha value is -5.93. The molecular weight excluding hydrogens is 647 g/mol. The monoisotopic (exact) mass is 677 g/mol. The van der Waals surface area contributed by atoms with Crippen molar-refractivity contribution in [1.29, 1.82) is 0 Å². The summed E-state index contributed by atoms with van der Waals surface area (Å²) in [7, 11) is 1.79. The number of aromatic carboxylic acids is 1. The van der Waals surface area contributed by atoms with Gasteiger partial charge in [-0.15, -0.1) is 0 Å². The van der Waals surface area contributed by atoms with Gasteiger partial charge in [0, 0.05) is 49.0 Å². The Kier molecular flexibility index (Phi) is 8.82. The lowest BCUT2D eigenvalue weighted by Crippen LogP contribution is -2.31. The van der Waals surface area contributed by atoms with Gasteiger partial charge in [0.15, 0.2) is 5.82 Å². The molecule has 0 bridgehead atoms. The Labute approximate surface area is 284 Å². The predicted molar refractivity (Wildman–Crippen MR) is 178 cm³/mol. The van der Waals surface area contributed by atoms with Crippen molar-refractivity contribution in [3.63, 3.8) is 0 Å². The number of carboxylic acids is 1. The fraction of sp³-hybridized carbons (Fsp3) is 0.211. The van der Waals surface area contributed by atoms with E-state index in [1.807, 2.05) is 6.92 Å². The number of ether oxygens (including phenoxy) is 2. The third-order valence-corrected chi connectivity index (χ3v) is 8.54. The van der Waals surface area contributed by atoms with Crippen LogP contribution >= 0.6 is 0 Å². The van der Waals surface area contributed by atoms with Gasteiger partial charge in [-0.2, -0.15) is 5.10 Å². The minimum Gasteiger partial charge on any atom is -0.478 e. The topological polar surface area (TPSA) is 104 Å². The molecule has 9 nitrogen and oxygen atoms in total. The summed E-state index contributed by atoms with van der Waals surface area (Å²) in [5, 5.41) is 13.6. The van der Waals surface area contributed by atoms with Gasteiger partial charge in [0.05, 0.1) is 41.2 Å². The first-order valence-corrected chi connectivity index (χ1v) is 15.8. The molecule has 0 spiro atoms. The van der Waals surface area contributed by atoms with E-state index < -0.39 is 23.4 Å². The highest BCUT2D eigenvalue weighted by molar-refractivity contribution is 5.92. The zero-order valence-corrected chi connectivity index (χ0v) is 27.1. The second-order valence-corrected chi connectivity index (χ2v) is 12.1. The van der Waals surface area contributed by atoms with Crippen molar-refractivity contribution in [3.8, 4) is 29.0 Å². The average molecular weight is 678 g/mol. The molecule has 0 amide bonds. The normalized spacial score (nSPS) is 13.9. The molecule has 1 unspecified atom stereocenters. The number of nitrogens with zero attached hydrogens (tertiary/aromatic N) is 5. The number of halogens is 3. The van der Waals surface area contributed by atoms with Crippen LogP contribution in [0.15, 0.2) is 73.1 Å². The maximum absolute atomic E-state index is 15.7. The van der Waals surface area contributed by atoms with Crippen molar-refractivity contribution in [2.45, 2.75) is 39.0 Å². The number of rotatable bonds is 9. The zero-order valence-electron chi connectivity index (χ0n) is 27.1. The van der Waals surface area contributed by atoms with Gasteiger partial charge in [-0.3, -0.25) is 4.68 Å². The fourth-order valence-corrected chi connectivity index (χ4v) is 5.82. The van der Waals surface area contributed by atoms with E-state index in [0.29, 0.717) is 52.4 Å². The number of aromatic nitrogens is 5. The van der Waals surface area contributed by atoms with E-state index in [-0.39, 0.29) is 36.1 Å². The maximum atomic E-state index is 15.7. The molecule has 1 fully saturated rings. The third-order valence-electron chi connectivity index (χ3n) is 8.54. The molecule has 7 rings (SSSR count). The number of imidazole rings is 1. The quantitative estimate of drug-likeness (QED) is 0.172. The zero-order chi connectivity index (χ0) is 34.9. The molecule has 0 radical (unpaired) electrons. The number of hydrogen-bond donors (Lipinski definition) is 1.